The first-order valence-electron chi connectivity index (χ1n) is 16.2. The van der Waals surface area contributed by atoms with Crippen LogP contribution in [0.25, 0.3) is 5.69 Å². The number of nitrogens with one attached hydrogen (secondary N) is 2. The van der Waals surface area contributed by atoms with E-state index in [0.29, 0.717) is 18.7 Å². The fourth-order valence-electron chi connectivity index (χ4n) is 5.53. The summed E-state index contributed by atoms with van der Waals surface area (Å²) in [6.07, 6.45) is 0.398. The zero-order valence-corrected chi connectivity index (χ0v) is 27.0. The van der Waals surface area contributed by atoms with Gasteiger partial charge in [-0.15, -0.1) is 0 Å². The van der Waals surface area contributed by atoms with E-state index in [0.717, 1.165) is 12.8 Å². The molecule has 16 nitrogen and oxygen atoms in total. The van der Waals surface area contributed by atoms with Crippen LogP contribution >= 0.6 is 0 Å². The number of hydrogen-bond donors (Lipinski definition) is 3. The summed E-state index contributed by atoms with van der Waals surface area (Å²) in [4.78, 5) is 80.8. The van der Waals surface area contributed by atoms with Gasteiger partial charge in [0.2, 0.25) is 17.7 Å². The number of carbonyl (C=O) groups excluding carboxylic acids is 5. The summed E-state index contributed by atoms with van der Waals surface area (Å²) in [5.74, 6) is -2.85. The molecule has 1 saturated carbocycles. The molecule has 3 heterocycles. The highest BCUT2D eigenvalue weighted by molar-refractivity contribution is 5.97. The number of benzene rings is 1. The van der Waals surface area contributed by atoms with Crippen LogP contribution in [0.15, 0.2) is 36.4 Å². The second-order valence-corrected chi connectivity index (χ2v) is 12.0. The van der Waals surface area contributed by atoms with E-state index < -0.39 is 42.1 Å². The molecule has 16 heteroatoms. The number of aliphatic carboxylic acids is 1. The maximum Gasteiger partial charge on any atom is 0.409 e. The minimum atomic E-state index is -1.18. The lowest BCUT2D eigenvalue weighted by Crippen LogP contribution is -2.61. The molecule has 0 radical (unpaired) electrons. The Kier molecular flexibility index (Phi) is 10.8. The molecule has 0 spiro atoms. The zero-order valence-electron chi connectivity index (χ0n) is 27.0. The number of nitrogens with zero attached hydrogens (tertiary/aromatic N) is 5. The number of ether oxygens (including phenoxy) is 2. The highest BCUT2D eigenvalue weighted by Gasteiger charge is 2.41. The normalized spacial score (nSPS) is 18.6. The van der Waals surface area contributed by atoms with E-state index in [4.69, 9.17) is 9.47 Å². The van der Waals surface area contributed by atoms with Gasteiger partial charge in [-0.25, -0.2) is 9.48 Å². The van der Waals surface area contributed by atoms with Crippen LogP contribution in [0.3, 0.4) is 0 Å². The summed E-state index contributed by atoms with van der Waals surface area (Å²) in [5, 5.41) is 19.3. The Hall–Kier alpha value is -5.15. The molecule has 3 aliphatic rings. The first-order valence-corrected chi connectivity index (χ1v) is 16.2. The summed E-state index contributed by atoms with van der Waals surface area (Å²) >= 11 is 0. The predicted molar refractivity (Wildman–Crippen MR) is 168 cm³/mol. The molecule has 2 aromatic rings. The van der Waals surface area contributed by atoms with Crippen molar-refractivity contribution >= 4 is 35.7 Å². The first kappa shape index (κ1) is 34.2. The second kappa shape index (κ2) is 15.2. The zero-order chi connectivity index (χ0) is 34.4. The maximum absolute atomic E-state index is 13.5. The Morgan fingerprint density at radius 2 is 1.65 bits per heavy atom. The molecular formula is C32H41N7O9. The second-order valence-electron chi connectivity index (χ2n) is 12.0. The fourth-order valence-corrected chi connectivity index (χ4v) is 5.53. The first-order chi connectivity index (χ1) is 23.0. The monoisotopic (exact) mass is 667 g/mol. The number of aromatic nitrogens is 2. The van der Waals surface area contributed by atoms with E-state index in [1.54, 1.807) is 44.2 Å². The molecule has 5 amide bonds. The van der Waals surface area contributed by atoms with Crippen LogP contribution in [-0.2, 0) is 23.9 Å². The SMILES string of the molecule is CCOC(=O)N1CCN(C(=O)C(CCC(=O)O)NC(=O)c2cc(O[C@@H](C)C(=O)N3CC[C@H]3C(=O)NC3CC3)n(-c3ccccc3)n2)CC1. The van der Waals surface area contributed by atoms with Gasteiger partial charge in [0.15, 0.2) is 11.8 Å². The fraction of sp³-hybridized carbons (Fsp3) is 0.531. The molecule has 258 valence electrons. The third kappa shape index (κ3) is 8.22. The van der Waals surface area contributed by atoms with Crippen molar-refractivity contribution in [1.29, 1.82) is 0 Å². The average Bonchev–Trinajstić information content (AvgIpc) is 3.77. The Balaban J connectivity index is 1.29. The van der Waals surface area contributed by atoms with E-state index in [1.165, 1.54) is 25.4 Å². The van der Waals surface area contributed by atoms with Crippen molar-refractivity contribution in [3.63, 3.8) is 0 Å². The molecule has 3 atom stereocenters. The smallest absolute Gasteiger partial charge is 0.409 e. The van der Waals surface area contributed by atoms with Crippen molar-refractivity contribution in [3.8, 4) is 11.6 Å². The number of amides is 5. The van der Waals surface area contributed by atoms with Crippen molar-refractivity contribution in [1.82, 2.24) is 35.1 Å². The number of carboxylic acids is 1. The van der Waals surface area contributed by atoms with E-state index in [1.807, 2.05) is 0 Å². The van der Waals surface area contributed by atoms with Gasteiger partial charge >= 0.3 is 12.1 Å². The Morgan fingerprint density at radius 1 is 0.958 bits per heavy atom. The van der Waals surface area contributed by atoms with Gasteiger partial charge in [-0.1, -0.05) is 18.2 Å². The van der Waals surface area contributed by atoms with Gasteiger partial charge in [-0.2, -0.15) is 5.10 Å². The lowest BCUT2D eigenvalue weighted by Gasteiger charge is -2.40. The molecule has 1 aromatic carbocycles. The third-order valence-corrected chi connectivity index (χ3v) is 8.45. The molecule has 1 unspecified atom stereocenters. The Labute approximate surface area is 277 Å². The van der Waals surface area contributed by atoms with Gasteiger partial charge < -0.3 is 39.9 Å². The maximum atomic E-state index is 13.5. The molecule has 2 aliphatic heterocycles. The quantitative estimate of drug-likeness (QED) is 0.275. The standard InChI is InChI=1S/C32H41N7O9/c1-3-47-32(46)37-17-15-36(16-18-37)31(45)23(11-12-27(40)41)34-28(42)24-19-26(39(35-24)22-7-5-4-6-8-22)48-20(2)30(44)38-14-13-25(38)29(43)33-21-9-10-21/h4-8,19-21,23,25H,3,9-18H2,1-2H3,(H,33,43)(H,34,42)(H,40,41)/t20-,23?,25-/m0/s1. The topological polar surface area (TPSA) is 193 Å². The van der Waals surface area contributed by atoms with Gasteiger partial charge in [-0.3, -0.25) is 24.0 Å². The van der Waals surface area contributed by atoms with Crippen LogP contribution in [0, 0.1) is 0 Å². The summed E-state index contributed by atoms with van der Waals surface area (Å²) < 4.78 is 12.4. The van der Waals surface area contributed by atoms with E-state index >= 15 is 0 Å². The molecule has 1 aliphatic carbocycles. The lowest BCUT2D eigenvalue weighted by atomic mass is 10.0. The minimum absolute atomic E-state index is 0.0789. The summed E-state index contributed by atoms with van der Waals surface area (Å²) in [6.45, 7) is 4.73. The molecule has 1 aromatic heterocycles. The van der Waals surface area contributed by atoms with Crippen LogP contribution < -0.4 is 15.4 Å². The van der Waals surface area contributed by atoms with Crippen molar-refractivity contribution < 1.29 is 43.3 Å². The number of rotatable bonds is 13. The highest BCUT2D eigenvalue weighted by Crippen LogP contribution is 2.26. The predicted octanol–water partition coefficient (Wildman–Crippen LogP) is 0.783. The summed E-state index contributed by atoms with van der Waals surface area (Å²) in [5.41, 5.74) is 0.411. The minimum Gasteiger partial charge on any atom is -0.481 e. The number of carbonyl (C=O) groups is 6. The Morgan fingerprint density at radius 3 is 2.25 bits per heavy atom. The number of hydrogen-bond acceptors (Lipinski definition) is 9. The van der Waals surface area contributed by atoms with E-state index in [2.05, 4.69) is 15.7 Å². The van der Waals surface area contributed by atoms with Crippen molar-refractivity contribution in [2.75, 3.05) is 39.3 Å². The lowest BCUT2D eigenvalue weighted by molar-refractivity contribution is -0.152. The van der Waals surface area contributed by atoms with Crippen molar-refractivity contribution in [2.45, 2.75) is 70.2 Å². The van der Waals surface area contributed by atoms with Crippen LogP contribution in [0.2, 0.25) is 0 Å². The van der Waals surface area contributed by atoms with Gasteiger partial charge in [0.05, 0.1) is 12.3 Å². The molecular weight excluding hydrogens is 626 g/mol. The van der Waals surface area contributed by atoms with Gasteiger partial charge in [-0.05, 0) is 51.7 Å². The van der Waals surface area contributed by atoms with Gasteiger partial charge in [0, 0.05) is 51.3 Å². The third-order valence-electron chi connectivity index (χ3n) is 8.45. The highest BCUT2D eigenvalue weighted by atomic mass is 16.6. The molecule has 3 fully saturated rings. The number of carboxylic acid groups (broad SMARTS) is 1. The van der Waals surface area contributed by atoms with Crippen LogP contribution in [0.5, 0.6) is 5.88 Å². The largest absolute Gasteiger partial charge is 0.481 e. The summed E-state index contributed by atoms with van der Waals surface area (Å²) in [7, 11) is 0. The average molecular weight is 668 g/mol. The number of piperazine rings is 1. The Bertz CT molecular complexity index is 1520. The molecule has 3 N–H and O–H groups in total. The van der Waals surface area contributed by atoms with E-state index in [-0.39, 0.29) is 75.1 Å². The molecule has 5 rings (SSSR count). The van der Waals surface area contributed by atoms with Crippen molar-refractivity contribution in [3.05, 3.63) is 42.1 Å². The number of likely N-dealkylation sites (tertiary alicyclic amines) is 1. The van der Waals surface area contributed by atoms with Crippen molar-refractivity contribution in [2.24, 2.45) is 0 Å². The number of para-hydroxylation sites is 1. The van der Waals surface area contributed by atoms with Crippen LogP contribution in [0.4, 0.5) is 4.79 Å². The van der Waals surface area contributed by atoms with Gasteiger partial charge in [0.25, 0.3) is 11.8 Å². The van der Waals surface area contributed by atoms with Crippen LogP contribution in [-0.4, -0.2) is 129 Å². The molecule has 2 saturated heterocycles. The van der Waals surface area contributed by atoms with Gasteiger partial charge in [0.1, 0.15) is 12.1 Å². The molecule has 0 bridgehead atoms. The van der Waals surface area contributed by atoms with Crippen LogP contribution in [0.1, 0.15) is 56.4 Å². The molecule has 48 heavy (non-hydrogen) atoms. The van der Waals surface area contributed by atoms with E-state index in [9.17, 15) is 33.9 Å². The summed E-state index contributed by atoms with van der Waals surface area (Å²) in [6, 6.07) is 8.58.